The van der Waals surface area contributed by atoms with Crippen molar-refractivity contribution < 1.29 is 27.2 Å². The highest BCUT2D eigenvalue weighted by Gasteiger charge is 2.30. The van der Waals surface area contributed by atoms with E-state index >= 15 is 0 Å². The molecule has 1 aromatic heterocycles. The SMILES string of the molecule is Cc1ccc(S(=O)(=O)N2CCN(C(=O)COC(=O)c3ccc(C)o3)CC2)cc1. The summed E-state index contributed by atoms with van der Waals surface area (Å²) in [5, 5.41) is 0. The molecule has 0 saturated carbocycles. The number of amides is 1. The normalized spacial score (nSPS) is 15.4. The predicted molar refractivity (Wildman–Crippen MR) is 100 cm³/mol. The van der Waals surface area contributed by atoms with Crippen molar-refractivity contribution in [2.75, 3.05) is 32.8 Å². The maximum atomic E-state index is 12.7. The van der Waals surface area contributed by atoms with Gasteiger partial charge in [-0.2, -0.15) is 4.31 Å². The van der Waals surface area contributed by atoms with Crippen LogP contribution in [0.3, 0.4) is 0 Å². The fourth-order valence-electron chi connectivity index (χ4n) is 2.87. The van der Waals surface area contributed by atoms with E-state index in [0.717, 1.165) is 5.56 Å². The minimum atomic E-state index is -3.59. The van der Waals surface area contributed by atoms with Gasteiger partial charge in [-0.3, -0.25) is 4.79 Å². The first-order chi connectivity index (χ1) is 13.3. The molecule has 1 aromatic carbocycles. The van der Waals surface area contributed by atoms with Crippen molar-refractivity contribution in [1.82, 2.24) is 9.21 Å². The number of hydrogen-bond donors (Lipinski definition) is 0. The van der Waals surface area contributed by atoms with Gasteiger partial charge in [0.15, 0.2) is 6.61 Å². The number of carbonyl (C=O) groups excluding carboxylic acids is 2. The van der Waals surface area contributed by atoms with E-state index in [0.29, 0.717) is 5.76 Å². The number of benzene rings is 1. The highest BCUT2D eigenvalue weighted by molar-refractivity contribution is 7.89. The summed E-state index contributed by atoms with van der Waals surface area (Å²) in [6, 6.07) is 9.78. The van der Waals surface area contributed by atoms with Gasteiger partial charge in [0.1, 0.15) is 5.76 Å². The Bertz CT molecular complexity index is 957. The molecule has 2 heterocycles. The van der Waals surface area contributed by atoms with Crippen molar-refractivity contribution in [3.05, 3.63) is 53.5 Å². The first-order valence-corrected chi connectivity index (χ1v) is 10.3. The first-order valence-electron chi connectivity index (χ1n) is 8.85. The molecule has 28 heavy (non-hydrogen) atoms. The van der Waals surface area contributed by atoms with Gasteiger partial charge in [0.2, 0.25) is 15.8 Å². The number of furan rings is 1. The maximum Gasteiger partial charge on any atom is 0.374 e. The van der Waals surface area contributed by atoms with Crippen molar-refractivity contribution in [2.45, 2.75) is 18.7 Å². The minimum Gasteiger partial charge on any atom is -0.454 e. The van der Waals surface area contributed by atoms with Crippen LogP contribution in [0.4, 0.5) is 0 Å². The topological polar surface area (TPSA) is 97.1 Å². The number of sulfonamides is 1. The Morgan fingerprint density at radius 2 is 1.64 bits per heavy atom. The van der Waals surface area contributed by atoms with Crippen LogP contribution in [0.25, 0.3) is 0 Å². The quantitative estimate of drug-likeness (QED) is 0.700. The van der Waals surface area contributed by atoms with Crippen molar-refractivity contribution in [2.24, 2.45) is 0 Å². The molecule has 3 rings (SSSR count). The fraction of sp³-hybridized carbons (Fsp3) is 0.368. The van der Waals surface area contributed by atoms with Crippen molar-refractivity contribution >= 4 is 21.9 Å². The van der Waals surface area contributed by atoms with Crippen molar-refractivity contribution in [3.63, 3.8) is 0 Å². The van der Waals surface area contributed by atoms with Gasteiger partial charge in [0.05, 0.1) is 4.90 Å². The third-order valence-corrected chi connectivity index (χ3v) is 6.43. The molecule has 1 aliphatic rings. The van der Waals surface area contributed by atoms with Crippen molar-refractivity contribution in [1.29, 1.82) is 0 Å². The highest BCUT2D eigenvalue weighted by Crippen LogP contribution is 2.18. The Kier molecular flexibility index (Phi) is 5.85. The van der Waals surface area contributed by atoms with E-state index in [1.165, 1.54) is 15.3 Å². The molecule has 1 fully saturated rings. The van der Waals surface area contributed by atoms with E-state index in [4.69, 9.17) is 9.15 Å². The van der Waals surface area contributed by atoms with Gasteiger partial charge in [-0.05, 0) is 38.1 Å². The second kappa shape index (κ2) is 8.15. The average molecular weight is 406 g/mol. The molecular formula is C19H22N2O6S. The molecule has 1 aliphatic heterocycles. The summed E-state index contributed by atoms with van der Waals surface area (Å²) in [4.78, 5) is 25.8. The van der Waals surface area contributed by atoms with Crippen LogP contribution in [0.2, 0.25) is 0 Å². The average Bonchev–Trinajstić information content (AvgIpc) is 3.13. The van der Waals surface area contributed by atoms with Crippen LogP contribution in [0.5, 0.6) is 0 Å². The highest BCUT2D eigenvalue weighted by atomic mass is 32.2. The van der Waals surface area contributed by atoms with Crippen LogP contribution in [0.1, 0.15) is 21.9 Å². The Morgan fingerprint density at radius 1 is 1.00 bits per heavy atom. The summed E-state index contributed by atoms with van der Waals surface area (Å²) < 4.78 is 36.9. The zero-order chi connectivity index (χ0) is 20.3. The van der Waals surface area contributed by atoms with E-state index in [1.807, 2.05) is 6.92 Å². The standard InChI is InChI=1S/C19H22N2O6S/c1-14-3-6-16(7-4-14)28(24,25)21-11-9-20(10-12-21)18(22)13-26-19(23)17-8-5-15(2)27-17/h3-8H,9-13H2,1-2H3. The van der Waals surface area contributed by atoms with Crippen LogP contribution in [0, 0.1) is 13.8 Å². The number of piperazine rings is 1. The first kappa shape index (κ1) is 20.1. The van der Waals surface area contributed by atoms with Gasteiger partial charge in [-0.25, -0.2) is 13.2 Å². The number of carbonyl (C=O) groups is 2. The Hall–Kier alpha value is -2.65. The summed E-state index contributed by atoms with van der Waals surface area (Å²) in [5.74, 6) is -0.463. The van der Waals surface area contributed by atoms with Gasteiger partial charge >= 0.3 is 5.97 Å². The molecular weight excluding hydrogens is 384 g/mol. The number of aryl methyl sites for hydroxylation is 2. The maximum absolute atomic E-state index is 12.7. The minimum absolute atomic E-state index is 0.0410. The van der Waals surface area contributed by atoms with Crippen LogP contribution in [0.15, 0.2) is 45.7 Å². The number of ether oxygens (including phenoxy) is 1. The van der Waals surface area contributed by atoms with E-state index in [9.17, 15) is 18.0 Å². The molecule has 2 aromatic rings. The molecule has 8 nitrogen and oxygen atoms in total. The third-order valence-electron chi connectivity index (χ3n) is 4.52. The summed E-state index contributed by atoms with van der Waals surface area (Å²) in [7, 11) is -3.59. The van der Waals surface area contributed by atoms with Gasteiger partial charge in [0.25, 0.3) is 5.91 Å². The van der Waals surface area contributed by atoms with E-state index in [-0.39, 0.29) is 42.7 Å². The molecule has 0 bridgehead atoms. The Morgan fingerprint density at radius 3 is 2.21 bits per heavy atom. The Labute approximate surface area is 163 Å². The van der Waals surface area contributed by atoms with E-state index < -0.39 is 22.6 Å². The fourth-order valence-corrected chi connectivity index (χ4v) is 4.29. The number of rotatable bonds is 5. The van der Waals surface area contributed by atoms with Gasteiger partial charge in [-0.15, -0.1) is 0 Å². The lowest BCUT2D eigenvalue weighted by molar-refractivity contribution is -0.135. The molecule has 0 N–H and O–H groups in total. The molecule has 0 radical (unpaired) electrons. The zero-order valence-electron chi connectivity index (χ0n) is 15.8. The van der Waals surface area contributed by atoms with Crippen LogP contribution in [-0.4, -0.2) is 62.3 Å². The Balaban J connectivity index is 1.52. The van der Waals surface area contributed by atoms with Gasteiger partial charge in [-0.1, -0.05) is 17.7 Å². The van der Waals surface area contributed by atoms with Gasteiger partial charge < -0.3 is 14.1 Å². The second-order valence-electron chi connectivity index (χ2n) is 6.58. The predicted octanol–water partition coefficient (Wildman–Crippen LogP) is 1.59. The molecule has 0 aliphatic carbocycles. The van der Waals surface area contributed by atoms with Crippen LogP contribution < -0.4 is 0 Å². The number of esters is 1. The van der Waals surface area contributed by atoms with E-state index in [1.54, 1.807) is 37.3 Å². The molecule has 0 spiro atoms. The lowest BCUT2D eigenvalue weighted by Crippen LogP contribution is -2.51. The summed E-state index contributed by atoms with van der Waals surface area (Å²) in [5.41, 5.74) is 0.980. The van der Waals surface area contributed by atoms with Gasteiger partial charge in [0, 0.05) is 26.2 Å². The smallest absolute Gasteiger partial charge is 0.374 e. The summed E-state index contributed by atoms with van der Waals surface area (Å²) >= 11 is 0. The molecule has 0 atom stereocenters. The molecule has 0 unspecified atom stereocenters. The zero-order valence-corrected chi connectivity index (χ0v) is 16.6. The second-order valence-corrected chi connectivity index (χ2v) is 8.52. The summed E-state index contributed by atoms with van der Waals surface area (Å²) in [6.45, 7) is 4.03. The lowest BCUT2D eigenvalue weighted by Gasteiger charge is -2.33. The molecule has 1 saturated heterocycles. The molecule has 1 amide bonds. The lowest BCUT2D eigenvalue weighted by atomic mass is 10.2. The third kappa shape index (κ3) is 4.42. The monoisotopic (exact) mass is 406 g/mol. The largest absolute Gasteiger partial charge is 0.454 e. The molecule has 9 heteroatoms. The van der Waals surface area contributed by atoms with Crippen molar-refractivity contribution in [3.8, 4) is 0 Å². The van der Waals surface area contributed by atoms with Crippen LogP contribution in [-0.2, 0) is 19.6 Å². The number of hydrogen-bond acceptors (Lipinski definition) is 6. The summed E-state index contributed by atoms with van der Waals surface area (Å²) in [6.07, 6.45) is 0. The number of nitrogens with zero attached hydrogens (tertiary/aromatic N) is 2. The van der Waals surface area contributed by atoms with Crippen LogP contribution >= 0.6 is 0 Å². The molecule has 150 valence electrons. The van der Waals surface area contributed by atoms with E-state index in [2.05, 4.69) is 0 Å².